The second-order valence-corrected chi connectivity index (χ2v) is 4.78. The van der Waals surface area contributed by atoms with Crippen LogP contribution in [0.15, 0.2) is 18.2 Å². The minimum Gasteiger partial charge on any atom is -0.495 e. The minimum atomic E-state index is -0.476. The molecule has 1 aliphatic rings. The highest BCUT2D eigenvalue weighted by atomic mass is 16.5. The third kappa shape index (κ3) is 3.38. The Labute approximate surface area is 113 Å². The summed E-state index contributed by atoms with van der Waals surface area (Å²) in [4.78, 5) is 12.0. The Morgan fingerprint density at radius 2 is 2.21 bits per heavy atom. The van der Waals surface area contributed by atoms with E-state index in [-0.39, 0.29) is 12.0 Å². The van der Waals surface area contributed by atoms with Crippen molar-refractivity contribution in [1.29, 1.82) is 0 Å². The Kier molecular flexibility index (Phi) is 4.27. The van der Waals surface area contributed by atoms with Crippen LogP contribution in [0.1, 0.15) is 26.2 Å². The molecule has 0 aliphatic heterocycles. The number of anilines is 2. The molecule has 1 aliphatic carbocycles. The first-order valence-electron chi connectivity index (χ1n) is 6.50. The minimum absolute atomic E-state index is 0.184. The van der Waals surface area contributed by atoms with E-state index in [1.54, 1.807) is 32.2 Å². The zero-order chi connectivity index (χ0) is 13.8. The molecule has 1 aromatic carbocycles. The molecule has 2 rings (SSSR count). The number of rotatable bonds is 5. The van der Waals surface area contributed by atoms with Crippen molar-refractivity contribution in [2.45, 2.75) is 38.4 Å². The Balaban J connectivity index is 1.98. The number of carbonyl (C=O) groups is 1. The van der Waals surface area contributed by atoms with Crippen LogP contribution in [0.2, 0.25) is 0 Å². The molecule has 1 amide bonds. The van der Waals surface area contributed by atoms with E-state index in [4.69, 9.17) is 15.2 Å². The molecule has 0 heterocycles. The first kappa shape index (κ1) is 13.7. The van der Waals surface area contributed by atoms with Gasteiger partial charge in [-0.05, 0) is 44.4 Å². The summed E-state index contributed by atoms with van der Waals surface area (Å²) in [6.07, 6.45) is 3.01. The molecule has 1 saturated carbocycles. The normalized spacial score (nSPS) is 16.5. The summed E-state index contributed by atoms with van der Waals surface area (Å²) in [7, 11) is 1.55. The first-order valence-corrected chi connectivity index (χ1v) is 6.50. The Morgan fingerprint density at radius 1 is 1.47 bits per heavy atom. The standard InChI is InChI=1S/C14H20N2O3/c1-9(19-11-4-3-5-11)14(17)16-12-8-10(15)6-7-13(12)18-2/h6-9,11H,3-5,15H2,1-2H3,(H,16,17). The third-order valence-electron chi connectivity index (χ3n) is 3.30. The number of methoxy groups -OCH3 is 1. The molecule has 1 fully saturated rings. The van der Waals surface area contributed by atoms with Crippen LogP contribution in [0.4, 0.5) is 11.4 Å². The maximum absolute atomic E-state index is 12.0. The van der Waals surface area contributed by atoms with Crippen LogP contribution < -0.4 is 15.8 Å². The fourth-order valence-corrected chi connectivity index (χ4v) is 1.91. The maximum Gasteiger partial charge on any atom is 0.253 e. The van der Waals surface area contributed by atoms with Crippen molar-refractivity contribution in [3.8, 4) is 5.75 Å². The molecule has 104 valence electrons. The van der Waals surface area contributed by atoms with Gasteiger partial charge in [0.1, 0.15) is 11.9 Å². The lowest BCUT2D eigenvalue weighted by Gasteiger charge is -2.28. The summed E-state index contributed by atoms with van der Waals surface area (Å²) in [5, 5.41) is 2.79. The van der Waals surface area contributed by atoms with Gasteiger partial charge < -0.3 is 20.5 Å². The van der Waals surface area contributed by atoms with E-state index in [1.807, 2.05) is 0 Å². The summed E-state index contributed by atoms with van der Waals surface area (Å²) in [6, 6.07) is 5.12. The molecule has 19 heavy (non-hydrogen) atoms. The second kappa shape index (κ2) is 5.93. The smallest absolute Gasteiger partial charge is 0.253 e. The predicted molar refractivity (Wildman–Crippen MR) is 74.2 cm³/mol. The van der Waals surface area contributed by atoms with Gasteiger partial charge in [-0.15, -0.1) is 0 Å². The Bertz CT molecular complexity index is 458. The van der Waals surface area contributed by atoms with Gasteiger partial charge in [-0.25, -0.2) is 0 Å². The number of hydrogen-bond donors (Lipinski definition) is 2. The lowest BCUT2D eigenvalue weighted by atomic mass is 9.96. The summed E-state index contributed by atoms with van der Waals surface area (Å²) < 4.78 is 10.8. The lowest BCUT2D eigenvalue weighted by Crippen LogP contribution is -2.34. The quantitative estimate of drug-likeness (QED) is 0.799. The van der Waals surface area contributed by atoms with Crippen molar-refractivity contribution < 1.29 is 14.3 Å². The molecule has 5 heteroatoms. The van der Waals surface area contributed by atoms with Gasteiger partial charge in [-0.1, -0.05) is 0 Å². The number of amides is 1. The van der Waals surface area contributed by atoms with E-state index in [0.717, 1.165) is 12.8 Å². The van der Waals surface area contributed by atoms with Gasteiger partial charge >= 0.3 is 0 Å². The molecule has 1 aromatic rings. The predicted octanol–water partition coefficient (Wildman–Crippen LogP) is 2.17. The van der Waals surface area contributed by atoms with Gasteiger partial charge in [-0.2, -0.15) is 0 Å². The van der Waals surface area contributed by atoms with E-state index >= 15 is 0 Å². The summed E-state index contributed by atoms with van der Waals surface area (Å²) in [5.74, 6) is 0.397. The van der Waals surface area contributed by atoms with Crippen molar-refractivity contribution in [3.05, 3.63) is 18.2 Å². The molecule has 0 saturated heterocycles. The van der Waals surface area contributed by atoms with Gasteiger partial charge in [0.15, 0.2) is 0 Å². The van der Waals surface area contributed by atoms with Crippen LogP contribution >= 0.6 is 0 Å². The molecular formula is C14H20N2O3. The highest BCUT2D eigenvalue weighted by Gasteiger charge is 2.24. The molecule has 0 bridgehead atoms. The molecule has 5 nitrogen and oxygen atoms in total. The molecule has 0 spiro atoms. The van der Waals surface area contributed by atoms with Crippen LogP contribution in [0.3, 0.4) is 0 Å². The monoisotopic (exact) mass is 264 g/mol. The van der Waals surface area contributed by atoms with Gasteiger partial charge in [-0.3, -0.25) is 4.79 Å². The van der Waals surface area contributed by atoms with Gasteiger partial charge in [0.2, 0.25) is 0 Å². The maximum atomic E-state index is 12.0. The van der Waals surface area contributed by atoms with Gasteiger partial charge in [0.05, 0.1) is 18.9 Å². The van der Waals surface area contributed by atoms with Crippen LogP contribution in [0.5, 0.6) is 5.75 Å². The van der Waals surface area contributed by atoms with Crippen molar-refractivity contribution in [1.82, 2.24) is 0 Å². The fourth-order valence-electron chi connectivity index (χ4n) is 1.91. The number of hydrogen-bond acceptors (Lipinski definition) is 4. The van der Waals surface area contributed by atoms with E-state index < -0.39 is 6.10 Å². The lowest BCUT2D eigenvalue weighted by molar-refractivity contribution is -0.133. The third-order valence-corrected chi connectivity index (χ3v) is 3.30. The van der Waals surface area contributed by atoms with E-state index in [0.29, 0.717) is 17.1 Å². The van der Waals surface area contributed by atoms with Crippen molar-refractivity contribution in [3.63, 3.8) is 0 Å². The zero-order valence-corrected chi connectivity index (χ0v) is 11.3. The van der Waals surface area contributed by atoms with Crippen molar-refractivity contribution in [2.75, 3.05) is 18.2 Å². The SMILES string of the molecule is COc1ccc(N)cc1NC(=O)C(C)OC1CCC1. The van der Waals surface area contributed by atoms with Gasteiger partial charge in [0.25, 0.3) is 5.91 Å². The Hall–Kier alpha value is -1.75. The molecular weight excluding hydrogens is 244 g/mol. The number of nitrogens with one attached hydrogen (secondary N) is 1. The first-order chi connectivity index (χ1) is 9.10. The number of carbonyl (C=O) groups excluding carboxylic acids is 1. The van der Waals surface area contributed by atoms with E-state index in [1.165, 1.54) is 6.42 Å². The molecule has 0 radical (unpaired) electrons. The zero-order valence-electron chi connectivity index (χ0n) is 11.3. The number of nitrogen functional groups attached to an aromatic ring is 1. The fraction of sp³-hybridized carbons (Fsp3) is 0.500. The van der Waals surface area contributed by atoms with Crippen LogP contribution in [-0.2, 0) is 9.53 Å². The van der Waals surface area contributed by atoms with Crippen molar-refractivity contribution >= 4 is 17.3 Å². The topological polar surface area (TPSA) is 73.6 Å². The molecule has 1 atom stereocenters. The summed E-state index contributed by atoms with van der Waals surface area (Å²) >= 11 is 0. The average molecular weight is 264 g/mol. The van der Waals surface area contributed by atoms with Crippen LogP contribution in [0.25, 0.3) is 0 Å². The number of ether oxygens (including phenoxy) is 2. The van der Waals surface area contributed by atoms with E-state index in [2.05, 4.69) is 5.32 Å². The number of nitrogens with two attached hydrogens (primary N) is 1. The Morgan fingerprint density at radius 3 is 2.79 bits per heavy atom. The second-order valence-electron chi connectivity index (χ2n) is 4.78. The summed E-state index contributed by atoms with van der Waals surface area (Å²) in [5.41, 5.74) is 6.85. The largest absolute Gasteiger partial charge is 0.495 e. The molecule has 1 unspecified atom stereocenters. The highest BCUT2D eigenvalue weighted by molar-refractivity contribution is 5.95. The highest BCUT2D eigenvalue weighted by Crippen LogP contribution is 2.27. The summed E-state index contributed by atoms with van der Waals surface area (Å²) in [6.45, 7) is 1.76. The van der Waals surface area contributed by atoms with Crippen molar-refractivity contribution in [2.24, 2.45) is 0 Å². The van der Waals surface area contributed by atoms with Gasteiger partial charge in [0, 0.05) is 5.69 Å². The van der Waals surface area contributed by atoms with E-state index in [9.17, 15) is 4.79 Å². The average Bonchev–Trinajstić information content (AvgIpc) is 2.33. The molecule has 0 aromatic heterocycles. The van der Waals surface area contributed by atoms with Crippen LogP contribution in [-0.4, -0.2) is 25.2 Å². The van der Waals surface area contributed by atoms with Crippen LogP contribution in [0, 0.1) is 0 Å². The molecule has 3 N–H and O–H groups in total. The number of benzene rings is 1.